The summed E-state index contributed by atoms with van der Waals surface area (Å²) in [5.74, 6) is 0. The van der Waals surface area contributed by atoms with Gasteiger partial charge in [0.15, 0.2) is 0 Å². The molecule has 2 nitrogen and oxygen atoms in total. The van der Waals surface area contributed by atoms with Crippen LogP contribution in [0.25, 0.3) is 10.2 Å². The van der Waals surface area contributed by atoms with E-state index in [0.717, 1.165) is 16.7 Å². The number of thiophene rings is 1. The first-order chi connectivity index (χ1) is 6.68. The van der Waals surface area contributed by atoms with E-state index < -0.39 is 0 Å². The molecule has 2 aromatic heterocycles. The van der Waals surface area contributed by atoms with E-state index in [-0.39, 0.29) is 6.04 Å². The molecular weight excluding hydrogens is 192 g/mol. The highest BCUT2D eigenvalue weighted by molar-refractivity contribution is 7.17. The van der Waals surface area contributed by atoms with Crippen LogP contribution in [0.4, 0.5) is 0 Å². The van der Waals surface area contributed by atoms with Crippen LogP contribution in [-0.4, -0.2) is 4.98 Å². The van der Waals surface area contributed by atoms with Gasteiger partial charge in [-0.25, -0.2) is 0 Å². The molecule has 2 aromatic rings. The number of nitrogens with two attached hydrogens (primary N) is 1. The van der Waals surface area contributed by atoms with Crippen LogP contribution in [0.3, 0.4) is 0 Å². The Morgan fingerprint density at radius 1 is 1.64 bits per heavy atom. The standard InChI is InChI=1S/C11H12N2S/c1-7(2)11(12)8-5-10-9(13-6-8)3-4-14-10/h3-6,11H,1,12H2,2H3. The maximum Gasteiger partial charge on any atom is 0.0809 e. The van der Waals surface area contributed by atoms with E-state index in [4.69, 9.17) is 5.73 Å². The molecule has 2 rings (SSSR count). The van der Waals surface area contributed by atoms with Crippen LogP contribution < -0.4 is 5.73 Å². The first-order valence-electron chi connectivity index (χ1n) is 4.42. The maximum absolute atomic E-state index is 5.96. The van der Waals surface area contributed by atoms with Gasteiger partial charge in [0, 0.05) is 6.20 Å². The number of hydrogen-bond donors (Lipinski definition) is 1. The van der Waals surface area contributed by atoms with Gasteiger partial charge in [-0.15, -0.1) is 11.3 Å². The smallest absolute Gasteiger partial charge is 0.0809 e. The summed E-state index contributed by atoms with van der Waals surface area (Å²) in [6, 6.07) is 4.00. The number of nitrogens with zero attached hydrogens (tertiary/aromatic N) is 1. The zero-order valence-corrected chi connectivity index (χ0v) is 8.84. The molecule has 0 amide bonds. The van der Waals surface area contributed by atoms with Crippen LogP contribution in [-0.2, 0) is 0 Å². The van der Waals surface area contributed by atoms with Crippen molar-refractivity contribution in [2.75, 3.05) is 0 Å². The third-order valence-electron chi connectivity index (χ3n) is 2.21. The average molecular weight is 204 g/mol. The minimum Gasteiger partial charge on any atom is -0.321 e. The van der Waals surface area contributed by atoms with E-state index in [0.29, 0.717) is 0 Å². The molecule has 1 unspecified atom stereocenters. The Labute approximate surface area is 87.1 Å². The van der Waals surface area contributed by atoms with Crippen molar-refractivity contribution < 1.29 is 0 Å². The maximum atomic E-state index is 5.96. The SMILES string of the molecule is C=C(C)C(N)c1cnc2ccsc2c1. The minimum atomic E-state index is -0.103. The van der Waals surface area contributed by atoms with E-state index in [1.165, 1.54) is 4.70 Å². The highest BCUT2D eigenvalue weighted by atomic mass is 32.1. The second-order valence-corrected chi connectivity index (χ2v) is 4.34. The summed E-state index contributed by atoms with van der Waals surface area (Å²) >= 11 is 1.68. The minimum absolute atomic E-state index is 0.103. The molecule has 0 radical (unpaired) electrons. The van der Waals surface area contributed by atoms with Gasteiger partial charge in [-0.05, 0) is 30.0 Å². The highest BCUT2D eigenvalue weighted by Crippen LogP contribution is 2.24. The predicted molar refractivity (Wildman–Crippen MR) is 61.4 cm³/mol. The van der Waals surface area contributed by atoms with Gasteiger partial charge in [0.25, 0.3) is 0 Å². The third-order valence-corrected chi connectivity index (χ3v) is 3.07. The number of pyridine rings is 1. The van der Waals surface area contributed by atoms with Crippen LogP contribution in [0, 0.1) is 0 Å². The zero-order chi connectivity index (χ0) is 10.1. The van der Waals surface area contributed by atoms with Crippen molar-refractivity contribution in [3.63, 3.8) is 0 Å². The summed E-state index contributed by atoms with van der Waals surface area (Å²) in [4.78, 5) is 4.33. The van der Waals surface area contributed by atoms with Crippen molar-refractivity contribution in [2.24, 2.45) is 5.73 Å². The van der Waals surface area contributed by atoms with Crippen molar-refractivity contribution in [1.29, 1.82) is 0 Å². The fourth-order valence-corrected chi connectivity index (χ4v) is 2.11. The summed E-state index contributed by atoms with van der Waals surface area (Å²) in [7, 11) is 0. The van der Waals surface area contributed by atoms with Gasteiger partial charge in [-0.3, -0.25) is 4.98 Å². The molecule has 0 saturated heterocycles. The van der Waals surface area contributed by atoms with Crippen LogP contribution in [0.2, 0.25) is 0 Å². The molecule has 0 fully saturated rings. The normalized spacial score (nSPS) is 13.0. The van der Waals surface area contributed by atoms with Gasteiger partial charge in [-0.1, -0.05) is 12.2 Å². The fourth-order valence-electron chi connectivity index (χ4n) is 1.32. The zero-order valence-electron chi connectivity index (χ0n) is 8.03. The van der Waals surface area contributed by atoms with Crippen molar-refractivity contribution in [2.45, 2.75) is 13.0 Å². The fraction of sp³-hybridized carbons (Fsp3) is 0.182. The molecule has 0 aromatic carbocycles. The first-order valence-corrected chi connectivity index (χ1v) is 5.30. The van der Waals surface area contributed by atoms with Gasteiger partial charge >= 0.3 is 0 Å². The number of fused-ring (bicyclic) bond motifs is 1. The van der Waals surface area contributed by atoms with Gasteiger partial charge in [-0.2, -0.15) is 0 Å². The Kier molecular flexibility index (Phi) is 2.35. The Hall–Kier alpha value is -1.19. The summed E-state index contributed by atoms with van der Waals surface area (Å²) in [6.45, 7) is 5.78. The molecule has 1 atom stereocenters. The molecule has 0 bridgehead atoms. The number of aromatic nitrogens is 1. The lowest BCUT2D eigenvalue weighted by Crippen LogP contribution is -2.10. The van der Waals surface area contributed by atoms with Crippen molar-refractivity contribution in [1.82, 2.24) is 4.98 Å². The lowest BCUT2D eigenvalue weighted by molar-refractivity contribution is 0.847. The van der Waals surface area contributed by atoms with E-state index in [2.05, 4.69) is 17.6 Å². The molecule has 2 N–H and O–H groups in total. The lowest BCUT2D eigenvalue weighted by atomic mass is 10.0. The Balaban J connectivity index is 2.48. The first kappa shape index (κ1) is 9.37. The molecule has 3 heteroatoms. The van der Waals surface area contributed by atoms with Crippen molar-refractivity contribution in [3.8, 4) is 0 Å². The quantitative estimate of drug-likeness (QED) is 0.764. The lowest BCUT2D eigenvalue weighted by Gasteiger charge is -2.10. The average Bonchev–Trinajstić information content (AvgIpc) is 2.62. The Morgan fingerprint density at radius 2 is 2.43 bits per heavy atom. The van der Waals surface area contributed by atoms with Crippen LogP contribution >= 0.6 is 11.3 Å². The van der Waals surface area contributed by atoms with E-state index in [1.807, 2.05) is 24.6 Å². The van der Waals surface area contributed by atoms with Gasteiger partial charge < -0.3 is 5.73 Å². The second kappa shape index (κ2) is 3.52. The molecule has 14 heavy (non-hydrogen) atoms. The third kappa shape index (κ3) is 1.56. The monoisotopic (exact) mass is 204 g/mol. The predicted octanol–water partition coefficient (Wildman–Crippen LogP) is 2.87. The molecule has 0 aliphatic carbocycles. The van der Waals surface area contributed by atoms with E-state index >= 15 is 0 Å². The summed E-state index contributed by atoms with van der Waals surface area (Å²) < 4.78 is 1.18. The van der Waals surface area contributed by atoms with Crippen LogP contribution in [0.5, 0.6) is 0 Å². The van der Waals surface area contributed by atoms with Crippen LogP contribution in [0.15, 0.2) is 35.9 Å². The van der Waals surface area contributed by atoms with Gasteiger partial charge in [0.05, 0.1) is 16.3 Å². The summed E-state index contributed by atoms with van der Waals surface area (Å²) in [6.07, 6.45) is 1.83. The number of hydrogen-bond acceptors (Lipinski definition) is 3. The van der Waals surface area contributed by atoms with Crippen molar-refractivity contribution in [3.05, 3.63) is 41.4 Å². The highest BCUT2D eigenvalue weighted by Gasteiger charge is 2.07. The van der Waals surface area contributed by atoms with Crippen LogP contribution in [0.1, 0.15) is 18.5 Å². The molecule has 0 spiro atoms. The molecule has 0 saturated carbocycles. The van der Waals surface area contributed by atoms with Gasteiger partial charge in [0.1, 0.15) is 0 Å². The molecular formula is C11H12N2S. The van der Waals surface area contributed by atoms with E-state index in [9.17, 15) is 0 Å². The molecule has 72 valence electrons. The molecule has 0 aliphatic rings. The largest absolute Gasteiger partial charge is 0.321 e. The molecule has 0 aliphatic heterocycles. The Bertz CT molecular complexity index is 473. The summed E-state index contributed by atoms with van der Waals surface area (Å²) in [5, 5.41) is 2.04. The topological polar surface area (TPSA) is 38.9 Å². The number of rotatable bonds is 2. The Morgan fingerprint density at radius 3 is 3.14 bits per heavy atom. The summed E-state index contributed by atoms with van der Waals surface area (Å²) in [5.41, 5.74) is 8.99. The van der Waals surface area contributed by atoms with E-state index in [1.54, 1.807) is 11.3 Å². The van der Waals surface area contributed by atoms with Gasteiger partial charge in [0.2, 0.25) is 0 Å². The second-order valence-electron chi connectivity index (χ2n) is 3.40. The van der Waals surface area contributed by atoms with Crippen molar-refractivity contribution >= 4 is 21.6 Å². The molecule has 2 heterocycles.